The number of benzene rings is 1. The van der Waals surface area contributed by atoms with E-state index >= 15 is 0 Å². The van der Waals surface area contributed by atoms with Crippen molar-refractivity contribution in [2.75, 3.05) is 0 Å². The molecule has 8 heteroatoms. The summed E-state index contributed by atoms with van der Waals surface area (Å²) in [4.78, 5) is 9.33. The third-order valence-electron chi connectivity index (χ3n) is 3.94. The largest absolute Gasteiger partial charge is 0.333 e. The number of hydrogen-bond donors (Lipinski definition) is 1. The number of thiazole rings is 1. The summed E-state index contributed by atoms with van der Waals surface area (Å²) in [5.41, 5.74) is 6.19. The van der Waals surface area contributed by atoms with Crippen LogP contribution < -0.4 is 5.73 Å². The first-order valence-corrected chi connectivity index (χ1v) is 7.81. The number of rotatable bonds is 3. The van der Waals surface area contributed by atoms with Crippen molar-refractivity contribution in [2.45, 2.75) is 24.8 Å². The number of hydrogen-bond acceptors (Lipinski definition) is 6. The first kappa shape index (κ1) is 16.0. The van der Waals surface area contributed by atoms with Gasteiger partial charge in [0.15, 0.2) is 5.82 Å². The molecule has 0 spiro atoms. The first-order chi connectivity index (χ1) is 10.7. The minimum absolute atomic E-state index is 0. The Labute approximate surface area is 142 Å². The lowest BCUT2D eigenvalue weighted by Crippen LogP contribution is -2.44. The second-order valence-electron chi connectivity index (χ2n) is 5.44. The number of nitrogens with zero attached hydrogens (tertiary/aromatic N) is 3. The minimum atomic E-state index is -0.458. The summed E-state index contributed by atoms with van der Waals surface area (Å²) in [5.74, 6) is 0.617. The van der Waals surface area contributed by atoms with Crippen LogP contribution in [0.4, 0.5) is 4.39 Å². The highest BCUT2D eigenvalue weighted by molar-refractivity contribution is 7.18. The van der Waals surface area contributed by atoms with E-state index in [1.807, 2.05) is 0 Å². The molecule has 0 aliphatic heterocycles. The van der Waals surface area contributed by atoms with Gasteiger partial charge >= 0.3 is 0 Å². The van der Waals surface area contributed by atoms with Crippen LogP contribution in [0.5, 0.6) is 0 Å². The van der Waals surface area contributed by atoms with Crippen LogP contribution in [-0.4, -0.2) is 15.1 Å². The lowest BCUT2D eigenvalue weighted by atomic mass is 9.77. The Bertz CT molecular complexity index is 830. The zero-order valence-electron chi connectivity index (χ0n) is 12.0. The van der Waals surface area contributed by atoms with E-state index in [-0.39, 0.29) is 18.2 Å². The van der Waals surface area contributed by atoms with Crippen molar-refractivity contribution < 1.29 is 8.91 Å². The second-order valence-corrected chi connectivity index (χ2v) is 6.47. The van der Waals surface area contributed by atoms with E-state index in [9.17, 15) is 4.39 Å². The van der Waals surface area contributed by atoms with Crippen LogP contribution in [0.3, 0.4) is 0 Å². The molecule has 0 saturated heterocycles. The van der Waals surface area contributed by atoms with Crippen LogP contribution in [0.2, 0.25) is 0 Å². The minimum Gasteiger partial charge on any atom is -0.333 e. The van der Waals surface area contributed by atoms with E-state index in [0.717, 1.165) is 19.3 Å². The van der Waals surface area contributed by atoms with Gasteiger partial charge in [-0.2, -0.15) is 4.98 Å². The number of nitrogens with two attached hydrogens (primary N) is 1. The van der Waals surface area contributed by atoms with Gasteiger partial charge in [-0.1, -0.05) is 17.3 Å². The van der Waals surface area contributed by atoms with E-state index in [1.54, 1.807) is 24.4 Å². The first-order valence-electron chi connectivity index (χ1n) is 7.00. The summed E-state index contributed by atoms with van der Waals surface area (Å²) in [6.07, 6.45) is 4.44. The normalized spacial score (nSPS) is 15.7. The predicted octanol–water partition coefficient (Wildman–Crippen LogP) is 3.76. The fourth-order valence-electron chi connectivity index (χ4n) is 2.44. The van der Waals surface area contributed by atoms with Crippen LogP contribution in [-0.2, 0) is 5.54 Å². The number of aromatic nitrogens is 3. The Morgan fingerprint density at radius 2 is 2.04 bits per heavy atom. The lowest BCUT2D eigenvalue weighted by Gasteiger charge is -2.34. The third-order valence-corrected chi connectivity index (χ3v) is 4.96. The molecule has 3 aromatic rings. The van der Waals surface area contributed by atoms with Crippen molar-refractivity contribution in [1.29, 1.82) is 0 Å². The van der Waals surface area contributed by atoms with Gasteiger partial charge in [0.05, 0.1) is 11.7 Å². The van der Waals surface area contributed by atoms with Crippen molar-refractivity contribution in [3.8, 4) is 21.3 Å². The van der Waals surface area contributed by atoms with E-state index in [2.05, 4.69) is 15.1 Å². The van der Waals surface area contributed by atoms with Gasteiger partial charge < -0.3 is 10.3 Å². The number of halogens is 2. The Balaban J connectivity index is 0.00000156. The molecular weight excluding hydrogens is 339 g/mol. The zero-order valence-corrected chi connectivity index (χ0v) is 13.7. The van der Waals surface area contributed by atoms with Gasteiger partial charge in [-0.25, -0.2) is 9.37 Å². The molecule has 2 heterocycles. The van der Waals surface area contributed by atoms with E-state index in [0.29, 0.717) is 27.2 Å². The van der Waals surface area contributed by atoms with E-state index < -0.39 is 5.54 Å². The van der Waals surface area contributed by atoms with Gasteiger partial charge in [0.2, 0.25) is 0 Å². The Morgan fingerprint density at radius 3 is 2.74 bits per heavy atom. The molecule has 0 radical (unpaired) electrons. The zero-order chi connectivity index (χ0) is 15.2. The Morgan fingerprint density at radius 1 is 1.26 bits per heavy atom. The maximum Gasteiger partial charge on any atom is 0.269 e. The molecule has 0 atom stereocenters. The Hall–Kier alpha value is -1.83. The molecule has 5 nitrogen and oxygen atoms in total. The quantitative estimate of drug-likeness (QED) is 0.776. The van der Waals surface area contributed by atoms with E-state index in [1.165, 1.54) is 17.4 Å². The van der Waals surface area contributed by atoms with Crippen LogP contribution in [0.25, 0.3) is 21.3 Å². The molecule has 120 valence electrons. The second kappa shape index (κ2) is 5.99. The molecule has 4 rings (SSSR count). The van der Waals surface area contributed by atoms with Crippen LogP contribution in [0.15, 0.2) is 35.0 Å². The maximum atomic E-state index is 13.8. The molecule has 23 heavy (non-hydrogen) atoms. The molecule has 1 fully saturated rings. The third kappa shape index (κ3) is 2.75. The average Bonchev–Trinajstić information content (AvgIpc) is 3.14. The highest BCUT2D eigenvalue weighted by Crippen LogP contribution is 2.38. The van der Waals surface area contributed by atoms with Crippen LogP contribution in [0.1, 0.15) is 25.1 Å². The van der Waals surface area contributed by atoms with E-state index in [4.69, 9.17) is 10.3 Å². The van der Waals surface area contributed by atoms with Crippen molar-refractivity contribution in [3.63, 3.8) is 0 Å². The summed E-state index contributed by atoms with van der Waals surface area (Å²) in [6.45, 7) is 0. The molecule has 0 amide bonds. The fraction of sp³-hybridized carbons (Fsp3) is 0.267. The summed E-state index contributed by atoms with van der Waals surface area (Å²) in [6, 6.07) is 6.53. The van der Waals surface area contributed by atoms with Crippen LogP contribution in [0, 0.1) is 5.82 Å². The standard InChI is InChI=1S/C15H13FN4OS.ClH/c16-10-5-2-1-4-9(10)13-18-8-11(22-13)12-19-14(20-21-12)15(17)6-3-7-15;/h1-2,4-5,8H,3,6-7,17H2;1H. The van der Waals surface area contributed by atoms with Gasteiger partial charge in [-0.3, -0.25) is 0 Å². The van der Waals surface area contributed by atoms with Gasteiger partial charge in [0.25, 0.3) is 5.89 Å². The molecule has 2 aromatic heterocycles. The fourth-order valence-corrected chi connectivity index (χ4v) is 3.30. The summed E-state index contributed by atoms with van der Waals surface area (Å²) >= 11 is 1.31. The molecular formula is C15H14ClFN4OS. The van der Waals surface area contributed by atoms with Gasteiger partial charge in [0, 0.05) is 5.56 Å². The van der Waals surface area contributed by atoms with Crippen molar-refractivity contribution >= 4 is 23.7 Å². The molecule has 1 saturated carbocycles. The van der Waals surface area contributed by atoms with Crippen molar-refractivity contribution in [1.82, 2.24) is 15.1 Å². The molecule has 0 unspecified atom stereocenters. The summed E-state index contributed by atoms with van der Waals surface area (Å²) in [7, 11) is 0. The maximum absolute atomic E-state index is 13.8. The van der Waals surface area contributed by atoms with Gasteiger partial charge in [0.1, 0.15) is 15.7 Å². The molecule has 1 aliphatic carbocycles. The molecule has 1 aliphatic rings. The summed E-state index contributed by atoms with van der Waals surface area (Å²) < 4.78 is 19.1. The molecule has 0 bridgehead atoms. The lowest BCUT2D eigenvalue weighted by molar-refractivity contribution is 0.229. The topological polar surface area (TPSA) is 77.8 Å². The summed E-state index contributed by atoms with van der Waals surface area (Å²) in [5, 5.41) is 4.56. The smallest absolute Gasteiger partial charge is 0.269 e. The van der Waals surface area contributed by atoms with Gasteiger partial charge in [-0.05, 0) is 31.4 Å². The SMILES string of the molecule is Cl.NC1(c2noc(-c3cnc(-c4ccccc4F)s3)n2)CCC1. The molecule has 2 N–H and O–H groups in total. The monoisotopic (exact) mass is 352 g/mol. The predicted molar refractivity (Wildman–Crippen MR) is 87.8 cm³/mol. The van der Waals surface area contributed by atoms with Gasteiger partial charge in [-0.15, -0.1) is 23.7 Å². The van der Waals surface area contributed by atoms with Crippen molar-refractivity contribution in [3.05, 3.63) is 42.1 Å². The highest BCUT2D eigenvalue weighted by Gasteiger charge is 2.39. The Kier molecular flexibility index (Phi) is 4.18. The van der Waals surface area contributed by atoms with Crippen molar-refractivity contribution in [2.24, 2.45) is 5.73 Å². The average molecular weight is 353 g/mol. The highest BCUT2D eigenvalue weighted by atomic mass is 35.5. The molecule has 1 aromatic carbocycles. The van der Waals surface area contributed by atoms with Crippen LogP contribution >= 0.6 is 23.7 Å².